The molecule has 4 nitrogen and oxygen atoms in total. The molecular weight excluding hydrogens is 352 g/mol. The van der Waals surface area contributed by atoms with Crippen LogP contribution in [0.1, 0.15) is 26.3 Å². The van der Waals surface area contributed by atoms with Gasteiger partial charge in [0.2, 0.25) is 0 Å². The average molecular weight is 368 g/mol. The van der Waals surface area contributed by atoms with Crippen molar-refractivity contribution in [2.75, 3.05) is 0 Å². The first-order valence-corrected chi connectivity index (χ1v) is 8.45. The van der Waals surface area contributed by atoms with Crippen molar-refractivity contribution in [2.24, 2.45) is 0 Å². The molecule has 0 atom stereocenters. The second kappa shape index (κ2) is 8.07. The van der Waals surface area contributed by atoms with Crippen molar-refractivity contribution in [3.8, 4) is 12.3 Å². The number of aromatic carboxylic acids is 2. The smallest absolute Gasteiger partial charge is 0.336 e. The molecule has 0 aliphatic heterocycles. The molecular formula is C24H16O4. The van der Waals surface area contributed by atoms with Gasteiger partial charge in [0.05, 0.1) is 16.7 Å². The highest BCUT2D eigenvalue weighted by molar-refractivity contribution is 5.99. The first-order chi connectivity index (χ1) is 13.5. The predicted octanol–water partition coefficient (Wildman–Crippen LogP) is 5.06. The Hall–Kier alpha value is -4.10. The van der Waals surface area contributed by atoms with E-state index in [-0.39, 0.29) is 16.7 Å². The zero-order valence-corrected chi connectivity index (χ0v) is 14.8. The molecule has 0 saturated carbocycles. The largest absolute Gasteiger partial charge is 0.478 e. The Labute approximate surface area is 161 Å². The summed E-state index contributed by atoms with van der Waals surface area (Å²) in [5.41, 5.74) is -0.452. The van der Waals surface area contributed by atoms with Crippen molar-refractivity contribution in [3.05, 3.63) is 95.6 Å². The maximum absolute atomic E-state index is 10.7. The van der Waals surface area contributed by atoms with Gasteiger partial charge in [-0.25, -0.2) is 9.59 Å². The van der Waals surface area contributed by atoms with Crippen molar-refractivity contribution >= 4 is 33.5 Å². The van der Waals surface area contributed by atoms with E-state index >= 15 is 0 Å². The SMILES string of the molecule is C#Cc1c(C(=O)O)cccc1C(=O)O.c1ccc2cc3ccccc3cc2c1. The minimum atomic E-state index is -1.24. The summed E-state index contributed by atoms with van der Waals surface area (Å²) >= 11 is 0. The van der Waals surface area contributed by atoms with Gasteiger partial charge in [0.25, 0.3) is 0 Å². The Balaban J connectivity index is 0.000000161. The molecule has 0 radical (unpaired) electrons. The third-order valence-electron chi connectivity index (χ3n) is 4.28. The number of rotatable bonds is 2. The van der Waals surface area contributed by atoms with Crippen LogP contribution in [0.5, 0.6) is 0 Å². The van der Waals surface area contributed by atoms with E-state index in [1.165, 1.54) is 39.7 Å². The maximum Gasteiger partial charge on any atom is 0.336 e. The molecule has 0 heterocycles. The highest BCUT2D eigenvalue weighted by Crippen LogP contribution is 2.22. The number of benzene rings is 4. The number of hydrogen-bond acceptors (Lipinski definition) is 2. The molecule has 0 bridgehead atoms. The molecule has 0 saturated heterocycles. The summed E-state index contributed by atoms with van der Waals surface area (Å²) in [6.45, 7) is 0. The van der Waals surface area contributed by atoms with Crippen molar-refractivity contribution in [1.82, 2.24) is 0 Å². The fourth-order valence-corrected chi connectivity index (χ4v) is 2.95. The summed E-state index contributed by atoms with van der Waals surface area (Å²) in [4.78, 5) is 21.3. The van der Waals surface area contributed by atoms with Crippen LogP contribution in [0.4, 0.5) is 0 Å². The van der Waals surface area contributed by atoms with E-state index in [2.05, 4.69) is 66.6 Å². The summed E-state index contributed by atoms with van der Waals surface area (Å²) in [6, 6.07) is 25.3. The van der Waals surface area contributed by atoms with Crippen molar-refractivity contribution < 1.29 is 19.8 Å². The predicted molar refractivity (Wildman–Crippen MR) is 110 cm³/mol. The Morgan fingerprint density at radius 3 is 1.29 bits per heavy atom. The van der Waals surface area contributed by atoms with Gasteiger partial charge in [0.1, 0.15) is 0 Å². The van der Waals surface area contributed by atoms with E-state index in [1.54, 1.807) is 0 Å². The number of hydrogen-bond donors (Lipinski definition) is 2. The fraction of sp³-hybridized carbons (Fsp3) is 0. The van der Waals surface area contributed by atoms with Crippen LogP contribution in [0.2, 0.25) is 0 Å². The molecule has 0 spiro atoms. The van der Waals surface area contributed by atoms with Gasteiger partial charge >= 0.3 is 11.9 Å². The summed E-state index contributed by atoms with van der Waals surface area (Å²) < 4.78 is 0. The second-order valence-corrected chi connectivity index (χ2v) is 6.03. The third kappa shape index (κ3) is 3.84. The van der Waals surface area contributed by atoms with E-state index in [1.807, 2.05) is 0 Å². The Morgan fingerprint density at radius 1 is 0.643 bits per heavy atom. The molecule has 0 unspecified atom stereocenters. The monoisotopic (exact) mass is 368 g/mol. The Morgan fingerprint density at radius 2 is 1.00 bits per heavy atom. The van der Waals surface area contributed by atoms with Gasteiger partial charge in [-0.05, 0) is 45.8 Å². The lowest BCUT2D eigenvalue weighted by Gasteiger charge is -2.02. The van der Waals surface area contributed by atoms with Gasteiger partial charge in [-0.3, -0.25) is 0 Å². The maximum atomic E-state index is 10.7. The molecule has 0 amide bonds. The first-order valence-electron chi connectivity index (χ1n) is 8.45. The summed E-state index contributed by atoms with van der Waals surface area (Å²) in [5.74, 6) is -0.405. The molecule has 0 aliphatic carbocycles. The quantitative estimate of drug-likeness (QED) is 0.383. The topological polar surface area (TPSA) is 74.6 Å². The van der Waals surface area contributed by atoms with E-state index in [0.29, 0.717) is 0 Å². The zero-order chi connectivity index (χ0) is 20.1. The number of fused-ring (bicyclic) bond motifs is 2. The minimum Gasteiger partial charge on any atom is -0.478 e. The van der Waals surface area contributed by atoms with Gasteiger partial charge < -0.3 is 10.2 Å². The average Bonchev–Trinajstić information content (AvgIpc) is 2.71. The summed E-state index contributed by atoms with van der Waals surface area (Å²) in [7, 11) is 0. The lowest BCUT2D eigenvalue weighted by atomic mass is 10.0. The standard InChI is InChI=1S/C14H10.C10H6O4/c1-2-6-12-10-14-8-4-3-7-13(14)9-11(12)5-1;1-2-6-7(9(11)12)4-3-5-8(6)10(13)14/h1-10H;1,3-5H,(H,11,12)(H,13,14). The molecule has 2 N–H and O–H groups in total. The Bertz CT molecular complexity index is 1100. The van der Waals surface area contributed by atoms with Crippen LogP contribution in [-0.4, -0.2) is 22.2 Å². The van der Waals surface area contributed by atoms with Crippen LogP contribution < -0.4 is 0 Å². The lowest BCUT2D eigenvalue weighted by Crippen LogP contribution is -2.07. The van der Waals surface area contributed by atoms with E-state index in [9.17, 15) is 9.59 Å². The molecule has 4 heteroatoms. The molecule has 0 aliphatic rings. The summed E-state index contributed by atoms with van der Waals surface area (Å²) in [5, 5.41) is 22.7. The number of carboxylic acid groups (broad SMARTS) is 2. The summed E-state index contributed by atoms with van der Waals surface area (Å²) in [6.07, 6.45) is 5.05. The first kappa shape index (κ1) is 18.7. The van der Waals surface area contributed by atoms with Crippen molar-refractivity contribution in [1.29, 1.82) is 0 Å². The van der Waals surface area contributed by atoms with Crippen LogP contribution in [0.25, 0.3) is 21.5 Å². The normalized spacial score (nSPS) is 9.96. The highest BCUT2D eigenvalue weighted by atomic mass is 16.4. The molecule has 136 valence electrons. The number of carbonyl (C=O) groups is 2. The van der Waals surface area contributed by atoms with E-state index in [0.717, 1.165) is 0 Å². The molecule has 4 aromatic carbocycles. The molecule has 28 heavy (non-hydrogen) atoms. The van der Waals surface area contributed by atoms with Crippen LogP contribution in [0.3, 0.4) is 0 Å². The molecule has 4 aromatic rings. The van der Waals surface area contributed by atoms with Crippen LogP contribution in [0.15, 0.2) is 78.9 Å². The van der Waals surface area contributed by atoms with Gasteiger partial charge in [-0.1, -0.05) is 60.5 Å². The van der Waals surface area contributed by atoms with E-state index in [4.69, 9.17) is 16.6 Å². The lowest BCUT2D eigenvalue weighted by molar-refractivity contribution is 0.0696. The number of carboxylic acids is 2. The van der Waals surface area contributed by atoms with Crippen molar-refractivity contribution in [2.45, 2.75) is 0 Å². The zero-order valence-electron chi connectivity index (χ0n) is 14.8. The molecule has 4 rings (SSSR count). The fourth-order valence-electron chi connectivity index (χ4n) is 2.95. The molecule has 0 aromatic heterocycles. The van der Waals surface area contributed by atoms with Crippen LogP contribution in [-0.2, 0) is 0 Å². The van der Waals surface area contributed by atoms with Gasteiger partial charge in [-0.15, -0.1) is 6.42 Å². The Kier molecular flexibility index (Phi) is 5.38. The van der Waals surface area contributed by atoms with Gasteiger partial charge in [0.15, 0.2) is 0 Å². The highest BCUT2D eigenvalue weighted by Gasteiger charge is 2.15. The van der Waals surface area contributed by atoms with Crippen LogP contribution >= 0.6 is 0 Å². The molecule has 0 fully saturated rings. The minimum absolute atomic E-state index is 0.104. The van der Waals surface area contributed by atoms with Gasteiger partial charge in [-0.2, -0.15) is 0 Å². The van der Waals surface area contributed by atoms with Gasteiger partial charge in [0, 0.05) is 0 Å². The van der Waals surface area contributed by atoms with E-state index < -0.39 is 11.9 Å². The second-order valence-electron chi connectivity index (χ2n) is 6.03. The van der Waals surface area contributed by atoms with Crippen molar-refractivity contribution in [3.63, 3.8) is 0 Å². The van der Waals surface area contributed by atoms with Crippen LogP contribution in [0, 0.1) is 12.3 Å². The number of terminal acetylenes is 1. The third-order valence-corrected chi connectivity index (χ3v) is 4.28.